The predicted molar refractivity (Wildman–Crippen MR) is 138 cm³/mol. The molecular formula is C28H21N5O5. The zero-order chi connectivity index (χ0) is 26.2. The van der Waals surface area contributed by atoms with Gasteiger partial charge in [0.05, 0.1) is 22.4 Å². The number of aromatic nitrogens is 1. The number of hydrogen-bond donors (Lipinski definition) is 3. The molecule has 4 aromatic rings. The van der Waals surface area contributed by atoms with E-state index in [1.165, 1.54) is 24.3 Å². The van der Waals surface area contributed by atoms with Crippen LogP contribution < -0.4 is 15.5 Å². The van der Waals surface area contributed by atoms with E-state index >= 15 is 0 Å². The summed E-state index contributed by atoms with van der Waals surface area (Å²) in [6.07, 6.45) is 2.28. The summed E-state index contributed by atoms with van der Waals surface area (Å²) < 4.78 is 0. The monoisotopic (exact) mass is 507 g/mol. The molecule has 3 aliphatic rings. The minimum atomic E-state index is -1.44. The van der Waals surface area contributed by atoms with Crippen molar-refractivity contribution in [2.24, 2.45) is 11.8 Å². The van der Waals surface area contributed by atoms with E-state index in [1.54, 1.807) is 24.3 Å². The SMILES string of the molecule is O=C1C2C(Cc3c[nH]c4ccccc34)NC3(C(=O)Nc4ccccc43)C2C(=O)N1c1cccc([N+](=O)[O-])c1. The summed E-state index contributed by atoms with van der Waals surface area (Å²) in [4.78, 5) is 56.8. The van der Waals surface area contributed by atoms with Crippen molar-refractivity contribution >= 4 is 45.7 Å². The molecule has 4 unspecified atom stereocenters. The summed E-state index contributed by atoms with van der Waals surface area (Å²) in [6.45, 7) is 0. The molecular weight excluding hydrogens is 486 g/mol. The number of rotatable bonds is 4. The Morgan fingerprint density at radius 2 is 1.74 bits per heavy atom. The number of benzene rings is 3. The van der Waals surface area contributed by atoms with Crippen LogP contribution in [0, 0.1) is 22.0 Å². The lowest BCUT2D eigenvalue weighted by molar-refractivity contribution is -0.384. The number of carbonyl (C=O) groups excluding carboxylic acids is 3. The van der Waals surface area contributed by atoms with Gasteiger partial charge in [0.15, 0.2) is 0 Å². The van der Waals surface area contributed by atoms with E-state index in [9.17, 15) is 24.5 Å². The van der Waals surface area contributed by atoms with Crippen LogP contribution in [0.1, 0.15) is 11.1 Å². The van der Waals surface area contributed by atoms with Crippen molar-refractivity contribution < 1.29 is 19.3 Å². The molecule has 1 spiro atoms. The van der Waals surface area contributed by atoms with Gasteiger partial charge in [0.25, 0.3) is 5.69 Å². The normalized spacial score (nSPS) is 25.7. The molecule has 3 aliphatic heterocycles. The molecule has 3 amide bonds. The minimum absolute atomic E-state index is 0.122. The highest BCUT2D eigenvalue weighted by molar-refractivity contribution is 6.26. The molecule has 38 heavy (non-hydrogen) atoms. The number of para-hydroxylation sites is 2. The Bertz CT molecular complexity index is 1700. The van der Waals surface area contributed by atoms with Crippen LogP contribution in [0.3, 0.4) is 0 Å². The molecule has 2 saturated heterocycles. The van der Waals surface area contributed by atoms with Crippen molar-refractivity contribution in [3.8, 4) is 0 Å². The van der Waals surface area contributed by atoms with Gasteiger partial charge in [-0.05, 0) is 30.2 Å². The van der Waals surface area contributed by atoms with Crippen molar-refractivity contribution in [3.05, 3.63) is 100 Å². The van der Waals surface area contributed by atoms with Crippen LogP contribution in [0.2, 0.25) is 0 Å². The lowest BCUT2D eigenvalue weighted by atomic mass is 9.76. The number of nitro groups is 1. The zero-order valence-electron chi connectivity index (χ0n) is 19.9. The average molecular weight is 508 g/mol. The lowest BCUT2D eigenvalue weighted by Gasteiger charge is -2.29. The molecule has 0 aliphatic carbocycles. The number of imide groups is 1. The Morgan fingerprint density at radius 1 is 0.947 bits per heavy atom. The Kier molecular flexibility index (Phi) is 4.61. The first-order valence-electron chi connectivity index (χ1n) is 12.3. The van der Waals surface area contributed by atoms with Gasteiger partial charge in [-0.2, -0.15) is 0 Å². The van der Waals surface area contributed by atoms with Crippen molar-refractivity contribution in [2.75, 3.05) is 10.2 Å². The van der Waals surface area contributed by atoms with Gasteiger partial charge in [-0.25, -0.2) is 4.90 Å². The maximum Gasteiger partial charge on any atom is 0.271 e. The highest BCUT2D eigenvalue weighted by atomic mass is 16.6. The summed E-state index contributed by atoms with van der Waals surface area (Å²) in [6, 6.07) is 19.9. The minimum Gasteiger partial charge on any atom is -0.361 e. The standard InChI is InChI=1S/C28H21N5O5/c34-25-23-22(12-15-14-29-20-10-3-1-8-18(15)20)31-28(19-9-2-4-11-21(19)30-27(28)36)24(23)26(35)32(25)16-6-5-7-17(13-16)33(37)38/h1-11,13-14,22-24,29,31H,12H2,(H,30,36). The number of amides is 3. The van der Waals surface area contributed by atoms with Crippen molar-refractivity contribution in [1.82, 2.24) is 10.3 Å². The Morgan fingerprint density at radius 3 is 2.58 bits per heavy atom. The van der Waals surface area contributed by atoms with Crippen molar-refractivity contribution in [3.63, 3.8) is 0 Å². The lowest BCUT2D eigenvalue weighted by Crippen LogP contribution is -2.53. The van der Waals surface area contributed by atoms with E-state index in [4.69, 9.17) is 0 Å². The van der Waals surface area contributed by atoms with E-state index in [1.807, 2.05) is 30.5 Å². The van der Waals surface area contributed by atoms with Gasteiger partial charge in [-0.15, -0.1) is 0 Å². The van der Waals surface area contributed by atoms with Gasteiger partial charge >= 0.3 is 0 Å². The molecule has 4 atom stereocenters. The zero-order valence-corrected chi connectivity index (χ0v) is 19.9. The molecule has 10 heteroatoms. The van der Waals surface area contributed by atoms with E-state index < -0.39 is 46.1 Å². The van der Waals surface area contributed by atoms with Gasteiger partial charge < -0.3 is 10.3 Å². The molecule has 3 N–H and O–H groups in total. The summed E-state index contributed by atoms with van der Waals surface area (Å²) in [7, 11) is 0. The second-order valence-electron chi connectivity index (χ2n) is 9.91. The van der Waals surface area contributed by atoms with Gasteiger partial charge in [-0.1, -0.05) is 42.5 Å². The summed E-state index contributed by atoms with van der Waals surface area (Å²) in [5, 5.41) is 18.7. The predicted octanol–water partition coefficient (Wildman–Crippen LogP) is 3.24. The van der Waals surface area contributed by atoms with Gasteiger partial charge in [0.2, 0.25) is 17.7 Å². The number of nitrogens with zero attached hydrogens (tertiary/aromatic N) is 2. The third kappa shape index (κ3) is 2.88. The molecule has 10 nitrogen and oxygen atoms in total. The Balaban J connectivity index is 1.37. The highest BCUT2D eigenvalue weighted by Crippen LogP contribution is 2.54. The highest BCUT2D eigenvalue weighted by Gasteiger charge is 2.70. The smallest absolute Gasteiger partial charge is 0.271 e. The van der Waals surface area contributed by atoms with Crippen LogP contribution >= 0.6 is 0 Å². The van der Waals surface area contributed by atoms with Crippen LogP contribution in [0.15, 0.2) is 79.0 Å². The summed E-state index contributed by atoms with van der Waals surface area (Å²) in [5.74, 6) is -3.30. The number of anilines is 2. The second kappa shape index (κ2) is 7.83. The molecule has 1 aromatic heterocycles. The Labute approximate surface area is 215 Å². The Hall–Kier alpha value is -4.83. The molecule has 2 fully saturated rings. The van der Waals surface area contributed by atoms with E-state index in [0.29, 0.717) is 17.7 Å². The van der Waals surface area contributed by atoms with Crippen LogP contribution in [0.4, 0.5) is 17.1 Å². The van der Waals surface area contributed by atoms with Gasteiger partial charge in [-0.3, -0.25) is 29.8 Å². The number of carbonyl (C=O) groups is 3. The molecule has 7 rings (SSSR count). The fourth-order valence-electron chi connectivity index (χ4n) is 6.47. The maximum atomic E-state index is 14.1. The molecule has 0 radical (unpaired) electrons. The first-order chi connectivity index (χ1) is 18.4. The number of hydrogen-bond acceptors (Lipinski definition) is 6. The number of nitro benzene ring substituents is 1. The number of H-pyrrole nitrogens is 1. The summed E-state index contributed by atoms with van der Waals surface area (Å²) in [5.41, 5.74) is 1.55. The number of aromatic amines is 1. The van der Waals surface area contributed by atoms with Crippen LogP contribution in [0.5, 0.6) is 0 Å². The molecule has 188 valence electrons. The van der Waals surface area contributed by atoms with Crippen LogP contribution in [0.25, 0.3) is 10.9 Å². The topological polar surface area (TPSA) is 137 Å². The third-order valence-corrected chi connectivity index (χ3v) is 8.04. The van der Waals surface area contributed by atoms with E-state index in [-0.39, 0.29) is 11.4 Å². The first kappa shape index (κ1) is 22.4. The van der Waals surface area contributed by atoms with Crippen LogP contribution in [-0.2, 0) is 26.3 Å². The first-order valence-corrected chi connectivity index (χ1v) is 12.3. The van der Waals surface area contributed by atoms with Crippen molar-refractivity contribution in [1.29, 1.82) is 0 Å². The maximum absolute atomic E-state index is 14.1. The van der Waals surface area contributed by atoms with Gasteiger partial charge in [0, 0.05) is 46.5 Å². The van der Waals surface area contributed by atoms with E-state index in [2.05, 4.69) is 15.6 Å². The van der Waals surface area contributed by atoms with Crippen LogP contribution in [-0.4, -0.2) is 33.7 Å². The van der Waals surface area contributed by atoms with E-state index in [0.717, 1.165) is 21.4 Å². The molecule has 4 heterocycles. The molecule has 0 saturated carbocycles. The number of non-ortho nitro benzene ring substituents is 1. The summed E-state index contributed by atoms with van der Waals surface area (Å²) >= 11 is 0. The molecule has 3 aromatic carbocycles. The quantitative estimate of drug-likeness (QED) is 0.220. The fourth-order valence-corrected chi connectivity index (χ4v) is 6.47. The average Bonchev–Trinajstić information content (AvgIpc) is 3.63. The number of fused-ring (bicyclic) bond motifs is 5. The molecule has 0 bridgehead atoms. The van der Waals surface area contributed by atoms with Crippen molar-refractivity contribution in [2.45, 2.75) is 18.0 Å². The van der Waals surface area contributed by atoms with Gasteiger partial charge in [0.1, 0.15) is 5.54 Å². The third-order valence-electron chi connectivity index (χ3n) is 8.04. The second-order valence-corrected chi connectivity index (χ2v) is 9.91. The number of nitrogens with one attached hydrogen (secondary N) is 3. The largest absolute Gasteiger partial charge is 0.361 e. The fraction of sp³-hybridized carbons (Fsp3) is 0.179.